The minimum atomic E-state index is 0.0611. The van der Waals surface area contributed by atoms with E-state index < -0.39 is 0 Å². The molecule has 150 valence electrons. The first-order chi connectivity index (χ1) is 13.1. The summed E-state index contributed by atoms with van der Waals surface area (Å²) >= 11 is 0. The van der Waals surface area contributed by atoms with E-state index in [4.69, 9.17) is 4.42 Å². The molecule has 1 saturated carbocycles. The van der Waals surface area contributed by atoms with Gasteiger partial charge in [0.15, 0.2) is 5.96 Å². The monoisotopic (exact) mass is 375 g/mol. The molecule has 1 aliphatic heterocycles. The van der Waals surface area contributed by atoms with Crippen LogP contribution in [0.2, 0.25) is 0 Å². The molecule has 7 nitrogen and oxygen atoms in total. The van der Waals surface area contributed by atoms with Crippen LogP contribution in [0.15, 0.2) is 21.5 Å². The highest BCUT2D eigenvalue weighted by Crippen LogP contribution is 2.28. The Labute approximate surface area is 162 Å². The molecule has 1 amide bonds. The van der Waals surface area contributed by atoms with Crippen LogP contribution < -0.4 is 10.6 Å². The lowest BCUT2D eigenvalue weighted by molar-refractivity contribution is -0.139. The standard InChI is InChI=1S/C20H33N5O2/c1-15-7-8-18(27-15)16(2)23-20(21-3)22-9-10-24-11-13-25(14-12-24)19(26)17-5-4-6-17/h7-8,16-17H,4-6,9-14H2,1-3H3,(H2,21,22,23). The number of carbonyl (C=O) groups is 1. The van der Waals surface area contributed by atoms with Gasteiger partial charge >= 0.3 is 0 Å². The predicted octanol–water partition coefficient (Wildman–Crippen LogP) is 1.76. The van der Waals surface area contributed by atoms with Crippen LogP contribution in [0.5, 0.6) is 0 Å². The van der Waals surface area contributed by atoms with Crippen molar-refractivity contribution in [1.29, 1.82) is 0 Å². The van der Waals surface area contributed by atoms with Crippen LogP contribution in [0.25, 0.3) is 0 Å². The quantitative estimate of drug-likeness (QED) is 0.585. The van der Waals surface area contributed by atoms with Crippen LogP contribution in [-0.2, 0) is 4.79 Å². The van der Waals surface area contributed by atoms with Gasteiger partial charge in [-0.3, -0.25) is 14.7 Å². The third-order valence-electron chi connectivity index (χ3n) is 5.62. The zero-order valence-electron chi connectivity index (χ0n) is 16.8. The van der Waals surface area contributed by atoms with Gasteiger partial charge in [0, 0.05) is 52.2 Å². The number of guanidine groups is 1. The van der Waals surface area contributed by atoms with Crippen LogP contribution in [0.4, 0.5) is 0 Å². The molecule has 7 heteroatoms. The van der Waals surface area contributed by atoms with Crippen molar-refractivity contribution in [2.24, 2.45) is 10.9 Å². The Morgan fingerprint density at radius 3 is 2.59 bits per heavy atom. The Kier molecular flexibility index (Phi) is 6.77. The summed E-state index contributed by atoms with van der Waals surface area (Å²) in [4.78, 5) is 21.1. The minimum absolute atomic E-state index is 0.0611. The van der Waals surface area contributed by atoms with Gasteiger partial charge in [-0.05, 0) is 38.8 Å². The summed E-state index contributed by atoms with van der Waals surface area (Å²) in [5, 5.41) is 6.72. The molecule has 3 rings (SSSR count). The molecule has 1 saturated heterocycles. The molecule has 0 spiro atoms. The highest BCUT2D eigenvalue weighted by Gasteiger charge is 2.31. The molecule has 27 heavy (non-hydrogen) atoms. The Bertz CT molecular complexity index is 645. The average molecular weight is 376 g/mol. The average Bonchev–Trinajstić information content (AvgIpc) is 3.06. The number of aliphatic imine (C=N–C) groups is 1. The van der Waals surface area contributed by atoms with Crippen molar-refractivity contribution in [1.82, 2.24) is 20.4 Å². The lowest BCUT2D eigenvalue weighted by atomic mass is 9.84. The summed E-state index contributed by atoms with van der Waals surface area (Å²) in [7, 11) is 1.78. The second kappa shape index (κ2) is 9.26. The molecule has 2 heterocycles. The van der Waals surface area contributed by atoms with Gasteiger partial charge in [0.05, 0.1) is 6.04 Å². The number of aryl methyl sites for hydroxylation is 1. The van der Waals surface area contributed by atoms with E-state index in [1.165, 1.54) is 6.42 Å². The van der Waals surface area contributed by atoms with Crippen molar-refractivity contribution in [3.05, 3.63) is 23.7 Å². The third-order valence-corrected chi connectivity index (χ3v) is 5.62. The number of hydrogen-bond acceptors (Lipinski definition) is 4. The largest absolute Gasteiger partial charge is 0.464 e. The lowest BCUT2D eigenvalue weighted by Crippen LogP contribution is -2.52. The van der Waals surface area contributed by atoms with Crippen LogP contribution in [0.3, 0.4) is 0 Å². The predicted molar refractivity (Wildman–Crippen MR) is 107 cm³/mol. The van der Waals surface area contributed by atoms with Gasteiger partial charge in [-0.15, -0.1) is 0 Å². The van der Waals surface area contributed by atoms with Crippen LogP contribution in [-0.4, -0.2) is 68.0 Å². The highest BCUT2D eigenvalue weighted by atomic mass is 16.3. The fourth-order valence-corrected chi connectivity index (χ4v) is 3.59. The summed E-state index contributed by atoms with van der Waals surface area (Å²) in [5.74, 6) is 3.29. The maximum atomic E-state index is 12.3. The van der Waals surface area contributed by atoms with Crippen molar-refractivity contribution >= 4 is 11.9 Å². The number of carbonyl (C=O) groups excluding carboxylic acids is 1. The number of furan rings is 1. The summed E-state index contributed by atoms with van der Waals surface area (Å²) in [6, 6.07) is 4.02. The number of rotatable bonds is 6. The normalized spacial score (nSPS) is 20.3. The summed E-state index contributed by atoms with van der Waals surface area (Å²) in [6.45, 7) is 9.39. The van der Waals surface area contributed by atoms with E-state index in [9.17, 15) is 4.79 Å². The van der Waals surface area contributed by atoms with E-state index in [1.54, 1.807) is 7.05 Å². The molecular weight excluding hydrogens is 342 g/mol. The number of amides is 1. The number of nitrogens with zero attached hydrogens (tertiary/aromatic N) is 3. The molecule has 2 N–H and O–H groups in total. The summed E-state index contributed by atoms with van der Waals surface area (Å²) in [5.41, 5.74) is 0. The molecule has 0 radical (unpaired) electrons. The number of nitrogens with one attached hydrogen (secondary N) is 2. The van der Waals surface area contributed by atoms with Crippen molar-refractivity contribution < 1.29 is 9.21 Å². The van der Waals surface area contributed by atoms with Gasteiger partial charge in [-0.2, -0.15) is 0 Å². The molecular formula is C20H33N5O2. The number of hydrogen-bond donors (Lipinski definition) is 2. The molecule has 1 aliphatic carbocycles. The molecule has 0 bridgehead atoms. The van der Waals surface area contributed by atoms with Crippen LogP contribution in [0, 0.1) is 12.8 Å². The van der Waals surface area contributed by atoms with E-state index in [-0.39, 0.29) is 6.04 Å². The van der Waals surface area contributed by atoms with E-state index in [0.717, 1.165) is 69.6 Å². The summed E-state index contributed by atoms with van der Waals surface area (Å²) < 4.78 is 5.66. The fraction of sp³-hybridized carbons (Fsp3) is 0.700. The first kappa shape index (κ1) is 19.7. The lowest BCUT2D eigenvalue weighted by Gasteiger charge is -2.38. The molecule has 1 aromatic heterocycles. The minimum Gasteiger partial charge on any atom is -0.464 e. The molecule has 2 fully saturated rings. The van der Waals surface area contributed by atoms with Gasteiger partial charge < -0.3 is 20.0 Å². The number of piperazine rings is 1. The molecule has 1 aromatic rings. The van der Waals surface area contributed by atoms with Crippen LogP contribution in [0.1, 0.15) is 43.7 Å². The van der Waals surface area contributed by atoms with Crippen molar-refractivity contribution in [2.45, 2.75) is 39.2 Å². The fourth-order valence-electron chi connectivity index (χ4n) is 3.59. The van der Waals surface area contributed by atoms with Gasteiger partial charge in [0.2, 0.25) is 5.91 Å². The maximum Gasteiger partial charge on any atom is 0.225 e. The van der Waals surface area contributed by atoms with E-state index >= 15 is 0 Å². The van der Waals surface area contributed by atoms with Gasteiger partial charge in [-0.25, -0.2) is 0 Å². The Balaban J connectivity index is 1.34. The first-order valence-electron chi connectivity index (χ1n) is 10.1. The van der Waals surface area contributed by atoms with Gasteiger partial charge in [0.1, 0.15) is 11.5 Å². The third kappa shape index (κ3) is 5.25. The Morgan fingerprint density at radius 2 is 2.04 bits per heavy atom. The van der Waals surface area contributed by atoms with E-state index in [2.05, 4.69) is 32.3 Å². The van der Waals surface area contributed by atoms with Gasteiger partial charge in [0.25, 0.3) is 0 Å². The topological polar surface area (TPSA) is 73.1 Å². The molecule has 0 aromatic carbocycles. The zero-order valence-corrected chi connectivity index (χ0v) is 16.8. The molecule has 1 unspecified atom stereocenters. The smallest absolute Gasteiger partial charge is 0.225 e. The second-order valence-electron chi connectivity index (χ2n) is 7.61. The zero-order chi connectivity index (χ0) is 19.2. The maximum absolute atomic E-state index is 12.3. The Hall–Kier alpha value is -2.02. The van der Waals surface area contributed by atoms with Crippen molar-refractivity contribution in [2.75, 3.05) is 46.3 Å². The summed E-state index contributed by atoms with van der Waals surface area (Å²) in [6.07, 6.45) is 3.39. The van der Waals surface area contributed by atoms with E-state index in [0.29, 0.717) is 11.8 Å². The van der Waals surface area contributed by atoms with Crippen LogP contribution >= 0.6 is 0 Å². The van der Waals surface area contributed by atoms with Crippen molar-refractivity contribution in [3.63, 3.8) is 0 Å². The molecule has 2 aliphatic rings. The highest BCUT2D eigenvalue weighted by molar-refractivity contribution is 5.80. The second-order valence-corrected chi connectivity index (χ2v) is 7.61. The first-order valence-corrected chi connectivity index (χ1v) is 10.1. The van der Waals surface area contributed by atoms with Crippen molar-refractivity contribution in [3.8, 4) is 0 Å². The Morgan fingerprint density at radius 1 is 1.30 bits per heavy atom. The van der Waals surface area contributed by atoms with E-state index in [1.807, 2.05) is 19.1 Å². The molecule has 1 atom stereocenters. The SMILES string of the molecule is CN=C(NCCN1CCN(C(=O)C2CCC2)CC1)NC(C)c1ccc(C)o1. The van der Waals surface area contributed by atoms with Gasteiger partial charge in [-0.1, -0.05) is 6.42 Å².